The van der Waals surface area contributed by atoms with Crippen LogP contribution in [0.2, 0.25) is 0 Å². The Morgan fingerprint density at radius 3 is 2.52 bits per heavy atom. The first-order valence-corrected chi connectivity index (χ1v) is 14.8. The highest BCUT2D eigenvalue weighted by molar-refractivity contribution is 9.10. The molecule has 2 fully saturated rings. The van der Waals surface area contributed by atoms with Crippen LogP contribution in [0.1, 0.15) is 31.0 Å². The summed E-state index contributed by atoms with van der Waals surface area (Å²) in [6.07, 6.45) is 1.68. The summed E-state index contributed by atoms with van der Waals surface area (Å²) in [5.74, 6) is -0.287. The zero-order valence-corrected chi connectivity index (χ0v) is 25.3. The van der Waals surface area contributed by atoms with Crippen LogP contribution in [0, 0.1) is 0 Å². The van der Waals surface area contributed by atoms with Crippen LogP contribution in [0.15, 0.2) is 51.8 Å². The van der Waals surface area contributed by atoms with E-state index in [4.69, 9.17) is 31.2 Å². The molecule has 0 N–H and O–H groups in total. The number of morpholine rings is 1. The van der Waals surface area contributed by atoms with E-state index >= 15 is 0 Å². The molecule has 2 aliphatic rings. The van der Waals surface area contributed by atoms with Gasteiger partial charge in [-0.15, -0.1) is 0 Å². The van der Waals surface area contributed by atoms with Crippen molar-refractivity contribution in [2.24, 2.45) is 0 Å². The van der Waals surface area contributed by atoms with Crippen molar-refractivity contribution in [2.45, 2.75) is 19.9 Å². The van der Waals surface area contributed by atoms with Gasteiger partial charge in [-0.25, -0.2) is 4.79 Å². The first-order chi connectivity index (χ1) is 19.3. The Balaban J connectivity index is 1.58. The molecule has 1 atom stereocenters. The van der Waals surface area contributed by atoms with Gasteiger partial charge in [-0.2, -0.15) is 0 Å². The van der Waals surface area contributed by atoms with Crippen LogP contribution in [0.5, 0.6) is 11.5 Å². The van der Waals surface area contributed by atoms with E-state index in [0.29, 0.717) is 64.9 Å². The van der Waals surface area contributed by atoms with Gasteiger partial charge in [0.1, 0.15) is 4.32 Å². The molecule has 2 amide bonds. The summed E-state index contributed by atoms with van der Waals surface area (Å²) in [6.45, 7) is 6.01. The fourth-order valence-electron chi connectivity index (χ4n) is 4.21. The molecule has 0 saturated carbocycles. The number of benzene rings is 2. The Labute approximate surface area is 250 Å². The SMILES string of the molecule is CCOC(=O)C(c1ccccc1)N1C(=O)/C(=C\c2cc(Br)c(OCC(=O)N3CCOCC3)c(OCC)c2)SC1=S. The lowest BCUT2D eigenvalue weighted by Crippen LogP contribution is -2.43. The number of hydrogen-bond donors (Lipinski definition) is 0. The molecule has 0 aromatic heterocycles. The summed E-state index contributed by atoms with van der Waals surface area (Å²) in [5.41, 5.74) is 1.25. The van der Waals surface area contributed by atoms with Crippen LogP contribution in [0.4, 0.5) is 0 Å². The van der Waals surface area contributed by atoms with E-state index in [2.05, 4.69) is 15.9 Å². The van der Waals surface area contributed by atoms with E-state index < -0.39 is 17.9 Å². The second-order valence-corrected chi connectivity index (χ2v) is 11.2. The summed E-state index contributed by atoms with van der Waals surface area (Å²) < 4.78 is 23.1. The van der Waals surface area contributed by atoms with E-state index in [0.717, 1.165) is 11.8 Å². The van der Waals surface area contributed by atoms with Crippen molar-refractivity contribution < 1.29 is 33.3 Å². The minimum Gasteiger partial charge on any atom is -0.490 e. The Morgan fingerprint density at radius 2 is 1.85 bits per heavy atom. The number of ether oxygens (including phenoxy) is 4. The number of thiocarbonyl (C=S) groups is 1. The number of esters is 1. The smallest absolute Gasteiger partial charge is 0.333 e. The average Bonchev–Trinajstić information content (AvgIpc) is 3.22. The molecular weight excluding hydrogens is 620 g/mol. The monoisotopic (exact) mass is 648 g/mol. The molecule has 0 spiro atoms. The van der Waals surface area contributed by atoms with E-state index in [-0.39, 0.29) is 23.4 Å². The van der Waals surface area contributed by atoms with Crippen LogP contribution in [-0.4, -0.2) is 78.0 Å². The third-order valence-corrected chi connectivity index (χ3v) is 7.96. The van der Waals surface area contributed by atoms with E-state index in [1.165, 1.54) is 4.90 Å². The van der Waals surface area contributed by atoms with Gasteiger partial charge in [0.25, 0.3) is 11.8 Å². The van der Waals surface area contributed by atoms with Crippen molar-refractivity contribution in [3.8, 4) is 11.5 Å². The number of hydrogen-bond acceptors (Lipinski definition) is 9. The average molecular weight is 650 g/mol. The van der Waals surface area contributed by atoms with Crippen LogP contribution >= 0.6 is 39.9 Å². The fraction of sp³-hybridized carbons (Fsp3) is 0.357. The van der Waals surface area contributed by atoms with Crippen molar-refractivity contribution in [1.29, 1.82) is 0 Å². The van der Waals surface area contributed by atoms with Crippen molar-refractivity contribution in [2.75, 3.05) is 46.1 Å². The Morgan fingerprint density at radius 1 is 1.12 bits per heavy atom. The molecule has 0 aliphatic carbocycles. The van der Waals surface area contributed by atoms with Crippen molar-refractivity contribution in [1.82, 2.24) is 9.80 Å². The quantitative estimate of drug-likeness (QED) is 0.208. The van der Waals surface area contributed by atoms with Gasteiger partial charge in [-0.1, -0.05) is 54.3 Å². The molecule has 1 unspecified atom stereocenters. The van der Waals surface area contributed by atoms with Crippen molar-refractivity contribution in [3.05, 3.63) is 63.0 Å². The molecular formula is C28H29BrN2O7S2. The van der Waals surface area contributed by atoms with Gasteiger partial charge in [0.05, 0.1) is 35.8 Å². The van der Waals surface area contributed by atoms with Gasteiger partial charge in [0.2, 0.25) is 0 Å². The number of nitrogens with zero attached hydrogens (tertiary/aromatic N) is 2. The van der Waals surface area contributed by atoms with Crippen LogP contribution in [-0.2, 0) is 23.9 Å². The molecule has 0 radical (unpaired) electrons. The summed E-state index contributed by atoms with van der Waals surface area (Å²) >= 11 is 10.2. The van der Waals surface area contributed by atoms with Gasteiger partial charge in [0, 0.05) is 13.1 Å². The Hall–Kier alpha value is -2.93. The number of halogens is 1. The Bertz CT molecular complexity index is 1300. The minimum atomic E-state index is -0.995. The summed E-state index contributed by atoms with van der Waals surface area (Å²) in [5, 5.41) is 0. The van der Waals surface area contributed by atoms with Gasteiger partial charge in [-0.05, 0) is 59.1 Å². The standard InChI is InChI=1S/C28H29BrN2O7S2/c1-3-36-21-15-18(14-20(29)25(21)38-17-23(32)30-10-12-35-13-11-30)16-22-26(33)31(28(39)40-22)24(27(34)37-4-2)19-8-6-5-7-9-19/h5-9,14-16,24H,3-4,10-13,17H2,1-2H3/b22-16+. The maximum atomic E-state index is 13.6. The predicted molar refractivity (Wildman–Crippen MR) is 159 cm³/mol. The second-order valence-electron chi connectivity index (χ2n) is 8.66. The van der Waals surface area contributed by atoms with Crippen molar-refractivity contribution >= 4 is 68.1 Å². The molecule has 4 rings (SSSR count). The largest absolute Gasteiger partial charge is 0.490 e. The first-order valence-electron chi connectivity index (χ1n) is 12.8. The number of rotatable bonds is 10. The van der Waals surface area contributed by atoms with Gasteiger partial charge >= 0.3 is 5.97 Å². The molecule has 2 aliphatic heterocycles. The number of thioether (sulfide) groups is 1. The van der Waals surface area contributed by atoms with Gasteiger partial charge in [-0.3, -0.25) is 14.5 Å². The molecule has 212 valence electrons. The molecule has 2 aromatic carbocycles. The highest BCUT2D eigenvalue weighted by Crippen LogP contribution is 2.41. The third kappa shape index (κ3) is 7.03. The van der Waals surface area contributed by atoms with E-state index in [1.54, 1.807) is 54.3 Å². The molecule has 40 heavy (non-hydrogen) atoms. The molecule has 2 aromatic rings. The zero-order chi connectivity index (χ0) is 28.6. The maximum Gasteiger partial charge on any atom is 0.333 e. The van der Waals surface area contributed by atoms with Crippen LogP contribution in [0.3, 0.4) is 0 Å². The lowest BCUT2D eigenvalue weighted by Gasteiger charge is -2.27. The Kier molecular flexibility index (Phi) is 10.6. The van der Waals surface area contributed by atoms with Crippen LogP contribution in [0.25, 0.3) is 6.08 Å². The van der Waals surface area contributed by atoms with Crippen LogP contribution < -0.4 is 9.47 Å². The zero-order valence-electron chi connectivity index (χ0n) is 22.1. The molecule has 2 heterocycles. The summed E-state index contributed by atoms with van der Waals surface area (Å²) in [6, 6.07) is 11.4. The lowest BCUT2D eigenvalue weighted by molar-refractivity contribution is -0.151. The van der Waals surface area contributed by atoms with Gasteiger partial charge in [0.15, 0.2) is 24.1 Å². The second kappa shape index (κ2) is 14.1. The minimum absolute atomic E-state index is 0.139. The maximum absolute atomic E-state index is 13.6. The predicted octanol–water partition coefficient (Wildman–Crippen LogP) is 4.59. The van der Waals surface area contributed by atoms with Gasteiger partial charge < -0.3 is 23.8 Å². The normalized spacial score (nSPS) is 17.2. The number of amides is 2. The van der Waals surface area contributed by atoms with E-state index in [1.807, 2.05) is 13.0 Å². The lowest BCUT2D eigenvalue weighted by atomic mass is 10.1. The molecule has 0 bridgehead atoms. The molecule has 9 nitrogen and oxygen atoms in total. The third-order valence-electron chi connectivity index (χ3n) is 6.04. The van der Waals surface area contributed by atoms with E-state index in [9.17, 15) is 14.4 Å². The number of carbonyl (C=O) groups excluding carboxylic acids is 3. The molecule has 12 heteroatoms. The summed E-state index contributed by atoms with van der Waals surface area (Å²) in [7, 11) is 0. The molecule has 2 saturated heterocycles. The summed E-state index contributed by atoms with van der Waals surface area (Å²) in [4.78, 5) is 42.4. The highest BCUT2D eigenvalue weighted by Gasteiger charge is 2.42. The highest BCUT2D eigenvalue weighted by atomic mass is 79.9. The first kappa shape index (κ1) is 30.0. The number of carbonyl (C=O) groups is 3. The fourth-order valence-corrected chi connectivity index (χ4v) is 6.10. The topological polar surface area (TPSA) is 94.6 Å². The van der Waals surface area contributed by atoms with Crippen molar-refractivity contribution in [3.63, 3.8) is 0 Å².